The lowest BCUT2D eigenvalue weighted by Gasteiger charge is -2.16. The summed E-state index contributed by atoms with van der Waals surface area (Å²) < 4.78 is 5.29. The van der Waals surface area contributed by atoms with Gasteiger partial charge in [0.05, 0.1) is 18.2 Å². The molecule has 0 fully saturated rings. The summed E-state index contributed by atoms with van der Waals surface area (Å²) in [4.78, 5) is 29.9. The Labute approximate surface area is 128 Å². The number of hydroxylamine groups is 2. The molecular formula is C17H15NO4. The number of hydrogen-bond acceptors (Lipinski definition) is 4. The molecule has 0 saturated carbocycles. The van der Waals surface area contributed by atoms with Crippen LogP contribution >= 0.6 is 0 Å². The van der Waals surface area contributed by atoms with Crippen molar-refractivity contribution in [1.82, 2.24) is 5.06 Å². The molecule has 1 aliphatic rings. The van der Waals surface area contributed by atoms with E-state index in [-0.39, 0.29) is 6.61 Å². The second kappa shape index (κ2) is 5.61. The molecule has 2 aromatic rings. The van der Waals surface area contributed by atoms with Crippen molar-refractivity contribution in [3.8, 4) is 5.75 Å². The molecule has 3 rings (SSSR count). The van der Waals surface area contributed by atoms with Gasteiger partial charge in [0.2, 0.25) is 0 Å². The van der Waals surface area contributed by atoms with E-state index in [9.17, 15) is 9.59 Å². The van der Waals surface area contributed by atoms with E-state index < -0.39 is 11.8 Å². The van der Waals surface area contributed by atoms with E-state index >= 15 is 0 Å². The van der Waals surface area contributed by atoms with Gasteiger partial charge in [-0.15, -0.1) is 5.06 Å². The number of carbonyl (C=O) groups excluding carboxylic acids is 2. The quantitative estimate of drug-likeness (QED) is 0.814. The molecule has 5 nitrogen and oxygen atoms in total. The second-order valence-electron chi connectivity index (χ2n) is 4.98. The van der Waals surface area contributed by atoms with Crippen LogP contribution in [-0.2, 0) is 11.4 Å². The van der Waals surface area contributed by atoms with Gasteiger partial charge in [0, 0.05) is 5.56 Å². The third kappa shape index (κ3) is 2.25. The average Bonchev–Trinajstić information content (AvgIpc) is 2.78. The van der Waals surface area contributed by atoms with Gasteiger partial charge in [-0.2, -0.15) is 0 Å². The van der Waals surface area contributed by atoms with Crippen LogP contribution < -0.4 is 4.74 Å². The Morgan fingerprint density at radius 3 is 2.18 bits per heavy atom. The van der Waals surface area contributed by atoms with Gasteiger partial charge in [0.1, 0.15) is 12.4 Å². The molecule has 0 N–H and O–H groups in total. The number of imide groups is 1. The first kappa shape index (κ1) is 14.3. The first-order valence-electron chi connectivity index (χ1n) is 6.86. The van der Waals surface area contributed by atoms with Crippen LogP contribution in [-0.4, -0.2) is 24.0 Å². The van der Waals surface area contributed by atoms with E-state index in [4.69, 9.17) is 9.57 Å². The van der Waals surface area contributed by atoms with Crippen molar-refractivity contribution in [2.24, 2.45) is 0 Å². The van der Waals surface area contributed by atoms with Crippen LogP contribution in [0, 0.1) is 6.92 Å². The normalized spacial score (nSPS) is 13.5. The number of rotatable bonds is 4. The number of amides is 2. The largest absolute Gasteiger partial charge is 0.496 e. The number of ether oxygens (including phenoxy) is 1. The molecule has 1 heterocycles. The van der Waals surface area contributed by atoms with Gasteiger partial charge in [-0.05, 0) is 30.7 Å². The standard InChI is InChI=1S/C17H15NO4/c1-11-6-5-9-15(21-2)14(11)10-22-18-16(19)12-7-3-4-8-13(12)17(18)20/h3-9H,10H2,1-2H3. The van der Waals surface area contributed by atoms with Crippen molar-refractivity contribution in [2.45, 2.75) is 13.5 Å². The van der Waals surface area contributed by atoms with Crippen molar-refractivity contribution < 1.29 is 19.2 Å². The molecular weight excluding hydrogens is 282 g/mol. The fourth-order valence-corrected chi connectivity index (χ4v) is 2.47. The number of fused-ring (bicyclic) bond motifs is 1. The molecule has 5 heteroatoms. The maximum Gasteiger partial charge on any atom is 0.285 e. The van der Waals surface area contributed by atoms with Crippen LogP contribution in [0.4, 0.5) is 0 Å². The summed E-state index contributed by atoms with van der Waals surface area (Å²) in [6.45, 7) is 2.00. The zero-order valence-electron chi connectivity index (χ0n) is 12.3. The smallest absolute Gasteiger partial charge is 0.285 e. The fourth-order valence-electron chi connectivity index (χ4n) is 2.47. The summed E-state index contributed by atoms with van der Waals surface area (Å²) in [6.07, 6.45) is 0. The SMILES string of the molecule is COc1cccc(C)c1CON1C(=O)c2ccccc2C1=O. The first-order valence-corrected chi connectivity index (χ1v) is 6.86. The lowest BCUT2D eigenvalue weighted by Crippen LogP contribution is -2.29. The summed E-state index contributed by atoms with van der Waals surface area (Å²) in [5, 5.41) is 0.816. The maximum atomic E-state index is 12.2. The predicted octanol–water partition coefficient (Wildman–Crippen LogP) is 2.73. The first-order chi connectivity index (χ1) is 10.6. The Bertz CT molecular complexity index is 719. The Balaban J connectivity index is 1.82. The average molecular weight is 297 g/mol. The van der Waals surface area contributed by atoms with E-state index in [1.807, 2.05) is 25.1 Å². The van der Waals surface area contributed by atoms with Gasteiger partial charge in [-0.25, -0.2) is 0 Å². The van der Waals surface area contributed by atoms with E-state index in [1.54, 1.807) is 31.4 Å². The molecule has 0 unspecified atom stereocenters. The van der Waals surface area contributed by atoms with Gasteiger partial charge in [-0.1, -0.05) is 24.3 Å². The van der Waals surface area contributed by atoms with E-state index in [0.717, 1.165) is 16.2 Å². The third-order valence-electron chi connectivity index (χ3n) is 3.68. The van der Waals surface area contributed by atoms with Gasteiger partial charge in [0.25, 0.3) is 11.8 Å². The monoisotopic (exact) mass is 297 g/mol. The summed E-state index contributed by atoms with van der Waals surface area (Å²) in [5.74, 6) is -0.210. The molecule has 2 amide bonds. The molecule has 0 aromatic heterocycles. The van der Waals surface area contributed by atoms with Crippen molar-refractivity contribution in [3.63, 3.8) is 0 Å². The number of aryl methyl sites for hydroxylation is 1. The minimum atomic E-state index is -0.437. The van der Waals surface area contributed by atoms with Gasteiger partial charge in [0.15, 0.2) is 0 Å². The third-order valence-corrected chi connectivity index (χ3v) is 3.68. The molecule has 0 bridgehead atoms. The molecule has 0 aliphatic carbocycles. The zero-order valence-corrected chi connectivity index (χ0v) is 12.3. The minimum absolute atomic E-state index is 0.0846. The van der Waals surface area contributed by atoms with E-state index in [0.29, 0.717) is 16.9 Å². The Hall–Kier alpha value is -2.66. The highest BCUT2D eigenvalue weighted by Crippen LogP contribution is 2.26. The van der Waals surface area contributed by atoms with Gasteiger partial charge < -0.3 is 4.74 Å². The molecule has 1 aliphatic heterocycles. The molecule has 112 valence electrons. The van der Waals surface area contributed by atoms with Crippen LogP contribution in [0.25, 0.3) is 0 Å². The topological polar surface area (TPSA) is 55.8 Å². The van der Waals surface area contributed by atoms with E-state index in [2.05, 4.69) is 0 Å². The van der Waals surface area contributed by atoms with Crippen molar-refractivity contribution in [2.75, 3.05) is 7.11 Å². The lowest BCUT2D eigenvalue weighted by atomic mass is 10.1. The maximum absolute atomic E-state index is 12.2. The minimum Gasteiger partial charge on any atom is -0.496 e. The molecule has 0 spiro atoms. The van der Waals surface area contributed by atoms with Crippen LogP contribution in [0.1, 0.15) is 31.8 Å². The highest BCUT2D eigenvalue weighted by Gasteiger charge is 2.36. The highest BCUT2D eigenvalue weighted by atomic mass is 16.7. The molecule has 0 saturated heterocycles. The van der Waals surface area contributed by atoms with Crippen LogP contribution in [0.15, 0.2) is 42.5 Å². The van der Waals surface area contributed by atoms with E-state index in [1.165, 1.54) is 0 Å². The molecule has 2 aromatic carbocycles. The molecule has 0 atom stereocenters. The van der Waals surface area contributed by atoms with Crippen LogP contribution in [0.3, 0.4) is 0 Å². The summed E-state index contributed by atoms with van der Waals surface area (Å²) >= 11 is 0. The fraction of sp³-hybridized carbons (Fsp3) is 0.176. The number of nitrogens with zero attached hydrogens (tertiary/aromatic N) is 1. The number of benzene rings is 2. The number of carbonyl (C=O) groups is 2. The Kier molecular flexibility index (Phi) is 3.65. The van der Waals surface area contributed by atoms with Crippen molar-refractivity contribution >= 4 is 11.8 Å². The summed E-state index contributed by atoms with van der Waals surface area (Å²) in [5.41, 5.74) is 2.51. The zero-order chi connectivity index (χ0) is 15.7. The second-order valence-corrected chi connectivity index (χ2v) is 4.98. The van der Waals surface area contributed by atoms with Crippen LogP contribution in [0.2, 0.25) is 0 Å². The molecule has 0 radical (unpaired) electrons. The Morgan fingerprint density at radius 2 is 1.59 bits per heavy atom. The summed E-state index contributed by atoms with van der Waals surface area (Å²) in [6, 6.07) is 12.3. The Morgan fingerprint density at radius 1 is 0.955 bits per heavy atom. The number of hydrogen-bond donors (Lipinski definition) is 0. The summed E-state index contributed by atoms with van der Waals surface area (Å²) in [7, 11) is 1.57. The highest BCUT2D eigenvalue weighted by molar-refractivity contribution is 6.20. The molecule has 22 heavy (non-hydrogen) atoms. The van der Waals surface area contributed by atoms with Gasteiger partial charge in [-0.3, -0.25) is 14.4 Å². The predicted molar refractivity (Wildman–Crippen MR) is 79.5 cm³/mol. The van der Waals surface area contributed by atoms with Crippen molar-refractivity contribution in [1.29, 1.82) is 0 Å². The number of methoxy groups -OCH3 is 1. The van der Waals surface area contributed by atoms with Gasteiger partial charge >= 0.3 is 0 Å². The van der Waals surface area contributed by atoms with Crippen LogP contribution in [0.5, 0.6) is 5.75 Å². The lowest BCUT2D eigenvalue weighted by molar-refractivity contribution is -0.101. The van der Waals surface area contributed by atoms with Crippen molar-refractivity contribution in [3.05, 3.63) is 64.7 Å².